The predicted octanol–water partition coefficient (Wildman–Crippen LogP) is 3.32. The number of furan rings is 1. The summed E-state index contributed by atoms with van der Waals surface area (Å²) in [5.41, 5.74) is 1.09. The molecule has 2 N–H and O–H groups in total. The van der Waals surface area contributed by atoms with Crippen LogP contribution in [-0.4, -0.2) is 32.1 Å². The molecule has 0 saturated carbocycles. The fourth-order valence-corrected chi connectivity index (χ4v) is 3.87. The topological polar surface area (TPSA) is 158 Å². The van der Waals surface area contributed by atoms with Gasteiger partial charge in [0.25, 0.3) is 11.6 Å². The van der Waals surface area contributed by atoms with Crippen molar-refractivity contribution in [3.8, 4) is 17.1 Å². The normalized spacial score (nSPS) is 15.0. The van der Waals surface area contributed by atoms with Gasteiger partial charge in [0.15, 0.2) is 0 Å². The van der Waals surface area contributed by atoms with Gasteiger partial charge in [-0.1, -0.05) is 0 Å². The van der Waals surface area contributed by atoms with E-state index >= 15 is 0 Å². The summed E-state index contributed by atoms with van der Waals surface area (Å²) in [6.07, 6.45) is 1.48. The van der Waals surface area contributed by atoms with Gasteiger partial charge in [-0.15, -0.1) is 0 Å². The number of nitro benzene ring substituents is 1. The molecule has 0 radical (unpaired) electrons. The van der Waals surface area contributed by atoms with E-state index < -0.39 is 20.9 Å². The number of nitrogens with two attached hydrogens (primary N) is 1. The first-order valence-electron chi connectivity index (χ1n) is 9.75. The Hall–Kier alpha value is -4.29. The minimum absolute atomic E-state index is 0.0879. The average molecular weight is 482 g/mol. The monoisotopic (exact) mass is 482 g/mol. The largest absolute Gasteiger partial charge is 0.497 e. The van der Waals surface area contributed by atoms with Crippen molar-refractivity contribution in [1.29, 1.82) is 0 Å². The highest BCUT2D eigenvalue weighted by Crippen LogP contribution is 2.35. The Kier molecular flexibility index (Phi) is 5.77. The Labute approximate surface area is 193 Å². The number of methoxy groups -OCH3 is 1. The number of carbonyl (C=O) groups is 1. The predicted molar refractivity (Wildman–Crippen MR) is 124 cm³/mol. The number of rotatable bonds is 6. The molecule has 1 amide bonds. The third kappa shape index (κ3) is 4.31. The minimum Gasteiger partial charge on any atom is -0.497 e. The van der Waals surface area contributed by atoms with E-state index in [0.717, 1.165) is 5.01 Å². The van der Waals surface area contributed by atoms with E-state index in [2.05, 4.69) is 5.10 Å². The molecule has 0 unspecified atom stereocenters. The van der Waals surface area contributed by atoms with Gasteiger partial charge in [0, 0.05) is 0 Å². The van der Waals surface area contributed by atoms with E-state index in [-0.39, 0.29) is 27.5 Å². The van der Waals surface area contributed by atoms with Crippen LogP contribution in [0.3, 0.4) is 0 Å². The molecule has 3 aromatic rings. The van der Waals surface area contributed by atoms with Crippen LogP contribution in [0.2, 0.25) is 0 Å². The number of carbonyl (C=O) groups excluding carboxylic acids is 1. The van der Waals surface area contributed by atoms with Gasteiger partial charge in [0.2, 0.25) is 10.0 Å². The van der Waals surface area contributed by atoms with Crippen molar-refractivity contribution >= 4 is 39.1 Å². The molecule has 0 saturated heterocycles. The van der Waals surface area contributed by atoms with Crippen LogP contribution in [0.1, 0.15) is 12.7 Å². The maximum Gasteiger partial charge on any atom is 0.284 e. The Morgan fingerprint density at radius 3 is 2.47 bits per heavy atom. The third-order valence-corrected chi connectivity index (χ3v) is 5.98. The van der Waals surface area contributed by atoms with Crippen LogP contribution < -0.4 is 14.9 Å². The number of benzene rings is 2. The van der Waals surface area contributed by atoms with Gasteiger partial charge in [0.05, 0.1) is 45.5 Å². The van der Waals surface area contributed by atoms with E-state index in [1.54, 1.807) is 25.1 Å². The van der Waals surface area contributed by atoms with Crippen LogP contribution in [0.15, 0.2) is 74.6 Å². The van der Waals surface area contributed by atoms with Gasteiger partial charge in [-0.2, -0.15) is 10.1 Å². The molecule has 0 atom stereocenters. The van der Waals surface area contributed by atoms with Crippen LogP contribution in [-0.2, 0) is 14.8 Å². The summed E-state index contributed by atoms with van der Waals surface area (Å²) in [4.78, 5) is 23.8. The molecule has 12 heteroatoms. The van der Waals surface area contributed by atoms with Gasteiger partial charge < -0.3 is 9.15 Å². The molecular weight excluding hydrogens is 464 g/mol. The number of amides is 1. The zero-order valence-corrected chi connectivity index (χ0v) is 18.8. The lowest BCUT2D eigenvalue weighted by Crippen LogP contribution is -2.21. The van der Waals surface area contributed by atoms with Gasteiger partial charge in [-0.05, 0) is 61.5 Å². The summed E-state index contributed by atoms with van der Waals surface area (Å²) in [5, 5.41) is 21.9. The summed E-state index contributed by atoms with van der Waals surface area (Å²) >= 11 is 0. The molecule has 0 fully saturated rings. The van der Waals surface area contributed by atoms with Crippen molar-refractivity contribution in [2.75, 3.05) is 12.1 Å². The Morgan fingerprint density at radius 1 is 1.15 bits per heavy atom. The van der Waals surface area contributed by atoms with E-state index in [1.165, 1.54) is 49.6 Å². The molecule has 1 aliphatic rings. The Bertz CT molecular complexity index is 1470. The van der Waals surface area contributed by atoms with Gasteiger partial charge in [-0.3, -0.25) is 14.9 Å². The van der Waals surface area contributed by atoms with Crippen molar-refractivity contribution in [3.63, 3.8) is 0 Å². The van der Waals surface area contributed by atoms with E-state index in [1.807, 2.05) is 0 Å². The Balaban J connectivity index is 1.63. The van der Waals surface area contributed by atoms with Crippen LogP contribution in [0.5, 0.6) is 5.75 Å². The fraction of sp³-hybridized carbons (Fsp3) is 0.0909. The number of hydrogen-bond acceptors (Lipinski definition) is 8. The van der Waals surface area contributed by atoms with Crippen LogP contribution in [0.4, 0.5) is 11.4 Å². The molecule has 2 aromatic carbocycles. The molecule has 2 heterocycles. The van der Waals surface area contributed by atoms with Crippen molar-refractivity contribution < 1.29 is 27.3 Å². The maximum atomic E-state index is 12.9. The van der Waals surface area contributed by atoms with E-state index in [4.69, 9.17) is 14.3 Å². The second-order valence-electron chi connectivity index (χ2n) is 7.24. The molecule has 1 aliphatic heterocycles. The molecule has 0 bridgehead atoms. The summed E-state index contributed by atoms with van der Waals surface area (Å²) < 4.78 is 33.7. The molecule has 0 aliphatic carbocycles. The smallest absolute Gasteiger partial charge is 0.284 e. The van der Waals surface area contributed by atoms with Crippen molar-refractivity contribution in [2.45, 2.75) is 11.8 Å². The average Bonchev–Trinajstić information content (AvgIpc) is 3.38. The summed E-state index contributed by atoms with van der Waals surface area (Å²) in [6, 6.07) is 13.0. The lowest BCUT2D eigenvalue weighted by atomic mass is 10.1. The second kappa shape index (κ2) is 8.57. The van der Waals surface area contributed by atoms with Crippen LogP contribution in [0.25, 0.3) is 17.4 Å². The quantitative estimate of drug-likeness (QED) is 0.320. The number of primary sulfonamides is 1. The zero-order valence-electron chi connectivity index (χ0n) is 18.0. The van der Waals surface area contributed by atoms with E-state index in [9.17, 15) is 23.3 Å². The van der Waals surface area contributed by atoms with Crippen molar-refractivity contribution in [2.24, 2.45) is 10.2 Å². The minimum atomic E-state index is -3.86. The standard InChI is InChI=1S/C22H18N4O7S/c1-13-19(22(27)25(24-13)14-3-7-17(8-4-14)34(23,30)31)11-16-6-10-21(33-16)18-9-5-15(32-2)12-20(18)26(28)29/h3-12H,1-2H3,(H2,23,30,31). The lowest BCUT2D eigenvalue weighted by Gasteiger charge is -2.11. The summed E-state index contributed by atoms with van der Waals surface area (Å²) in [7, 11) is -2.45. The number of hydrogen-bond donors (Lipinski definition) is 1. The third-order valence-electron chi connectivity index (χ3n) is 5.05. The highest BCUT2D eigenvalue weighted by Gasteiger charge is 2.29. The highest BCUT2D eigenvalue weighted by molar-refractivity contribution is 7.89. The number of ether oxygens (including phenoxy) is 1. The maximum absolute atomic E-state index is 12.9. The zero-order chi connectivity index (χ0) is 24.6. The van der Waals surface area contributed by atoms with Crippen LogP contribution in [0, 0.1) is 10.1 Å². The molecule has 4 rings (SSSR count). The molecular formula is C22H18N4O7S. The number of nitro groups is 1. The van der Waals surface area contributed by atoms with Crippen molar-refractivity contribution in [1.82, 2.24) is 0 Å². The SMILES string of the molecule is COc1ccc(-c2ccc(C=C3C(=O)N(c4ccc(S(N)(=O)=O)cc4)N=C3C)o2)c([N+](=O)[O-])c1. The molecule has 34 heavy (non-hydrogen) atoms. The summed E-state index contributed by atoms with van der Waals surface area (Å²) in [5.74, 6) is 0.431. The summed E-state index contributed by atoms with van der Waals surface area (Å²) in [6.45, 7) is 1.64. The van der Waals surface area contributed by atoms with Gasteiger partial charge in [0.1, 0.15) is 17.3 Å². The number of nitrogens with zero attached hydrogens (tertiary/aromatic N) is 3. The van der Waals surface area contributed by atoms with E-state index in [0.29, 0.717) is 22.9 Å². The first kappa shape index (κ1) is 22.9. The van der Waals surface area contributed by atoms with Crippen LogP contribution >= 0.6 is 0 Å². The first-order chi connectivity index (χ1) is 16.1. The fourth-order valence-electron chi connectivity index (χ4n) is 3.35. The van der Waals surface area contributed by atoms with Gasteiger partial charge >= 0.3 is 0 Å². The first-order valence-corrected chi connectivity index (χ1v) is 11.3. The second-order valence-corrected chi connectivity index (χ2v) is 8.80. The lowest BCUT2D eigenvalue weighted by molar-refractivity contribution is -0.384. The highest BCUT2D eigenvalue weighted by atomic mass is 32.2. The molecule has 174 valence electrons. The number of anilines is 1. The number of hydrazone groups is 1. The van der Waals surface area contributed by atoms with Crippen molar-refractivity contribution in [3.05, 3.63) is 76.0 Å². The van der Waals surface area contributed by atoms with Gasteiger partial charge in [-0.25, -0.2) is 13.6 Å². The molecule has 11 nitrogen and oxygen atoms in total. The molecule has 0 spiro atoms. The number of sulfonamides is 1. The molecule has 1 aromatic heterocycles. The Morgan fingerprint density at radius 2 is 1.85 bits per heavy atom.